The van der Waals surface area contributed by atoms with Gasteiger partial charge in [0.25, 0.3) is 11.8 Å². The van der Waals surface area contributed by atoms with Gasteiger partial charge >= 0.3 is 0 Å². The minimum atomic E-state index is -0.267. The van der Waals surface area contributed by atoms with E-state index in [2.05, 4.69) is 34.7 Å². The number of carbonyl (C=O) groups excluding carboxylic acids is 2. The van der Waals surface area contributed by atoms with Crippen LogP contribution >= 0.6 is 11.8 Å². The number of aromatic nitrogens is 2. The Morgan fingerprint density at radius 3 is 2.37 bits per heavy atom. The van der Waals surface area contributed by atoms with Gasteiger partial charge in [0, 0.05) is 34.2 Å². The minimum absolute atomic E-state index is 0.157. The van der Waals surface area contributed by atoms with Crippen molar-refractivity contribution in [2.75, 3.05) is 13.1 Å². The summed E-state index contributed by atoms with van der Waals surface area (Å²) in [4.78, 5) is 25.6. The molecule has 0 saturated heterocycles. The first-order valence-electron chi connectivity index (χ1n) is 8.81. The Kier molecular flexibility index (Phi) is 6.13. The van der Waals surface area contributed by atoms with Gasteiger partial charge in [0.05, 0.1) is 5.52 Å². The summed E-state index contributed by atoms with van der Waals surface area (Å²) >= 11 is 1.76. The van der Waals surface area contributed by atoms with Crippen molar-refractivity contribution in [2.24, 2.45) is 0 Å². The number of fused-ring (bicyclic) bond motifs is 1. The summed E-state index contributed by atoms with van der Waals surface area (Å²) in [7, 11) is 0. The van der Waals surface area contributed by atoms with Gasteiger partial charge in [0.15, 0.2) is 5.69 Å². The van der Waals surface area contributed by atoms with Gasteiger partial charge in [-0.15, -0.1) is 11.8 Å². The highest BCUT2D eigenvalue weighted by Crippen LogP contribution is 2.22. The third kappa shape index (κ3) is 4.89. The predicted octanol–water partition coefficient (Wildman–Crippen LogP) is 3.22. The molecule has 3 N–H and O–H groups in total. The largest absolute Gasteiger partial charge is 0.350 e. The van der Waals surface area contributed by atoms with Crippen LogP contribution in [0.1, 0.15) is 34.7 Å². The van der Waals surface area contributed by atoms with E-state index in [1.54, 1.807) is 11.8 Å². The molecule has 1 aromatic heterocycles. The minimum Gasteiger partial charge on any atom is -0.350 e. The van der Waals surface area contributed by atoms with Crippen LogP contribution in [0.5, 0.6) is 0 Å². The number of thioether (sulfide) groups is 1. The molecule has 0 spiro atoms. The van der Waals surface area contributed by atoms with Crippen LogP contribution in [0.4, 0.5) is 0 Å². The first-order valence-corrected chi connectivity index (χ1v) is 9.69. The number of nitrogens with one attached hydrogen (secondary N) is 3. The average Bonchev–Trinajstić information content (AvgIpc) is 3.09. The Morgan fingerprint density at radius 1 is 1.00 bits per heavy atom. The van der Waals surface area contributed by atoms with E-state index in [0.29, 0.717) is 29.6 Å². The predicted molar refractivity (Wildman–Crippen MR) is 108 cm³/mol. The van der Waals surface area contributed by atoms with Crippen LogP contribution < -0.4 is 10.6 Å². The number of rotatable bonds is 7. The third-order valence-corrected chi connectivity index (χ3v) is 4.89. The molecule has 1 heterocycles. The lowest BCUT2D eigenvalue weighted by Gasteiger charge is -2.08. The second-order valence-corrected chi connectivity index (χ2v) is 7.97. The lowest BCUT2D eigenvalue weighted by atomic mass is 10.2. The average molecular weight is 382 g/mol. The van der Waals surface area contributed by atoms with Crippen molar-refractivity contribution in [3.8, 4) is 0 Å². The molecule has 2 aromatic carbocycles. The lowest BCUT2D eigenvalue weighted by molar-refractivity contribution is 0.0926. The third-order valence-electron chi connectivity index (χ3n) is 3.87. The van der Waals surface area contributed by atoms with Crippen molar-refractivity contribution < 1.29 is 9.59 Å². The van der Waals surface area contributed by atoms with Crippen molar-refractivity contribution in [1.29, 1.82) is 0 Å². The quantitative estimate of drug-likeness (QED) is 0.432. The first kappa shape index (κ1) is 19.0. The zero-order valence-corrected chi connectivity index (χ0v) is 16.1. The Balaban J connectivity index is 1.47. The van der Waals surface area contributed by atoms with Crippen LogP contribution in [0, 0.1) is 0 Å². The Morgan fingerprint density at radius 2 is 1.67 bits per heavy atom. The maximum absolute atomic E-state index is 12.3. The van der Waals surface area contributed by atoms with Crippen LogP contribution in [-0.4, -0.2) is 40.4 Å². The molecule has 140 valence electrons. The monoisotopic (exact) mass is 382 g/mol. The molecule has 0 unspecified atom stereocenters. The molecule has 0 atom stereocenters. The van der Waals surface area contributed by atoms with Crippen molar-refractivity contribution in [3.05, 3.63) is 59.8 Å². The van der Waals surface area contributed by atoms with Gasteiger partial charge < -0.3 is 10.6 Å². The van der Waals surface area contributed by atoms with E-state index in [-0.39, 0.29) is 11.8 Å². The summed E-state index contributed by atoms with van der Waals surface area (Å²) < 4.78 is 0. The van der Waals surface area contributed by atoms with E-state index in [9.17, 15) is 9.59 Å². The van der Waals surface area contributed by atoms with Crippen LogP contribution in [0.3, 0.4) is 0 Å². The van der Waals surface area contributed by atoms with E-state index in [0.717, 1.165) is 15.8 Å². The van der Waals surface area contributed by atoms with E-state index in [1.165, 1.54) is 0 Å². The maximum atomic E-state index is 12.3. The van der Waals surface area contributed by atoms with Gasteiger partial charge in [-0.2, -0.15) is 5.10 Å². The van der Waals surface area contributed by atoms with Crippen LogP contribution in [-0.2, 0) is 0 Å². The van der Waals surface area contributed by atoms with Crippen LogP contribution in [0.2, 0.25) is 0 Å². The van der Waals surface area contributed by atoms with E-state index in [1.807, 2.05) is 48.5 Å². The molecular formula is C20H22N4O2S. The molecule has 27 heavy (non-hydrogen) atoms. The first-order chi connectivity index (χ1) is 13.0. The molecule has 3 aromatic rings. The van der Waals surface area contributed by atoms with E-state index in [4.69, 9.17) is 0 Å². The number of hydrogen-bond acceptors (Lipinski definition) is 4. The number of amides is 2. The van der Waals surface area contributed by atoms with E-state index >= 15 is 0 Å². The fraction of sp³-hybridized carbons (Fsp3) is 0.250. The second kappa shape index (κ2) is 8.73. The van der Waals surface area contributed by atoms with Crippen molar-refractivity contribution in [3.63, 3.8) is 0 Å². The topological polar surface area (TPSA) is 86.9 Å². The van der Waals surface area contributed by atoms with Gasteiger partial charge in [-0.1, -0.05) is 32.0 Å². The number of aromatic amines is 1. The number of H-pyrrole nitrogens is 1. The van der Waals surface area contributed by atoms with Gasteiger partial charge in [-0.3, -0.25) is 14.7 Å². The van der Waals surface area contributed by atoms with Crippen LogP contribution in [0.25, 0.3) is 10.9 Å². The van der Waals surface area contributed by atoms with Crippen LogP contribution in [0.15, 0.2) is 53.4 Å². The zero-order chi connectivity index (χ0) is 19.2. The molecule has 6 nitrogen and oxygen atoms in total. The summed E-state index contributed by atoms with van der Waals surface area (Å²) in [6.07, 6.45) is 0. The van der Waals surface area contributed by atoms with Gasteiger partial charge in [-0.25, -0.2) is 0 Å². The lowest BCUT2D eigenvalue weighted by Crippen LogP contribution is -2.34. The Hall–Kier alpha value is -2.80. The zero-order valence-electron chi connectivity index (χ0n) is 15.3. The Labute approximate surface area is 162 Å². The summed E-state index contributed by atoms with van der Waals surface area (Å²) in [5.74, 6) is -0.424. The number of benzene rings is 2. The highest BCUT2D eigenvalue weighted by Gasteiger charge is 2.13. The molecule has 0 fully saturated rings. The molecule has 0 saturated carbocycles. The number of hydrogen-bond donors (Lipinski definition) is 3. The molecule has 7 heteroatoms. The molecule has 0 aliphatic rings. The normalized spacial score (nSPS) is 10.9. The smallest absolute Gasteiger partial charge is 0.272 e. The number of nitrogens with zero attached hydrogens (tertiary/aromatic N) is 1. The van der Waals surface area contributed by atoms with E-state index < -0.39 is 0 Å². The highest BCUT2D eigenvalue weighted by atomic mass is 32.2. The van der Waals surface area contributed by atoms with Gasteiger partial charge in [0.2, 0.25) is 0 Å². The Bertz CT molecular complexity index is 935. The van der Waals surface area contributed by atoms with Crippen molar-refractivity contribution >= 4 is 34.5 Å². The molecule has 0 aliphatic carbocycles. The van der Waals surface area contributed by atoms with Gasteiger partial charge in [0.1, 0.15) is 0 Å². The SMILES string of the molecule is CC(C)Sc1ccc(C(=O)NCCNC(=O)c2n[nH]c3ccccc23)cc1. The number of carbonyl (C=O) groups is 2. The highest BCUT2D eigenvalue weighted by molar-refractivity contribution is 7.99. The fourth-order valence-electron chi connectivity index (χ4n) is 2.63. The molecule has 2 amide bonds. The van der Waals surface area contributed by atoms with Crippen molar-refractivity contribution in [2.45, 2.75) is 24.0 Å². The second-order valence-electron chi connectivity index (χ2n) is 6.32. The molecule has 3 rings (SSSR count). The maximum Gasteiger partial charge on any atom is 0.272 e. The van der Waals surface area contributed by atoms with Gasteiger partial charge in [-0.05, 0) is 30.3 Å². The van der Waals surface area contributed by atoms with Crippen molar-refractivity contribution in [1.82, 2.24) is 20.8 Å². The molecule has 0 radical (unpaired) electrons. The fourth-order valence-corrected chi connectivity index (χ4v) is 3.47. The summed E-state index contributed by atoms with van der Waals surface area (Å²) in [5, 5.41) is 13.8. The summed E-state index contributed by atoms with van der Waals surface area (Å²) in [6, 6.07) is 15.0. The molecular weight excluding hydrogens is 360 g/mol. The summed E-state index contributed by atoms with van der Waals surface area (Å²) in [5.41, 5.74) is 1.78. The molecule has 0 bridgehead atoms. The summed E-state index contributed by atoms with van der Waals surface area (Å²) in [6.45, 7) is 4.93. The number of para-hydroxylation sites is 1. The molecule has 0 aliphatic heterocycles. The standard InChI is InChI=1S/C20H22N4O2S/c1-13(2)27-15-9-7-14(8-10-15)19(25)21-11-12-22-20(26)18-16-5-3-4-6-17(16)23-24-18/h3-10,13H,11-12H2,1-2H3,(H,21,25)(H,22,26)(H,23,24).